The standard InChI is InChI=1S/C18H18N2O3/c1-18(2,17(22)23)19-16(21)11-20-14-9-5-3-7-12(14)13-8-4-6-10-15(13)20/h3-10H,11H2,1-2H3,(H,19,21)(H,22,23). The third-order valence-corrected chi connectivity index (χ3v) is 3.97. The zero-order chi connectivity index (χ0) is 16.6. The van der Waals surface area contributed by atoms with E-state index in [0.29, 0.717) is 0 Å². The van der Waals surface area contributed by atoms with Crippen molar-refractivity contribution >= 4 is 33.7 Å². The molecule has 1 heterocycles. The third-order valence-electron chi connectivity index (χ3n) is 3.97. The molecular weight excluding hydrogens is 292 g/mol. The third kappa shape index (κ3) is 2.65. The first kappa shape index (κ1) is 15.1. The molecule has 0 saturated carbocycles. The highest BCUT2D eigenvalue weighted by molar-refractivity contribution is 6.08. The zero-order valence-electron chi connectivity index (χ0n) is 13.0. The van der Waals surface area contributed by atoms with E-state index in [1.165, 1.54) is 13.8 Å². The molecular formula is C18H18N2O3. The number of carbonyl (C=O) groups is 2. The number of carbonyl (C=O) groups excluding carboxylic acids is 1. The second-order valence-electron chi connectivity index (χ2n) is 6.10. The van der Waals surface area contributed by atoms with Gasteiger partial charge in [-0.2, -0.15) is 0 Å². The zero-order valence-corrected chi connectivity index (χ0v) is 13.0. The number of aromatic nitrogens is 1. The van der Waals surface area contributed by atoms with Crippen LogP contribution in [-0.4, -0.2) is 27.1 Å². The minimum atomic E-state index is -1.30. The highest BCUT2D eigenvalue weighted by Crippen LogP contribution is 2.28. The topological polar surface area (TPSA) is 71.3 Å². The first-order valence-electron chi connectivity index (χ1n) is 7.40. The Morgan fingerprint density at radius 1 is 1.00 bits per heavy atom. The molecule has 2 aromatic carbocycles. The van der Waals surface area contributed by atoms with E-state index >= 15 is 0 Å². The molecule has 0 spiro atoms. The molecule has 0 unspecified atom stereocenters. The molecule has 2 N–H and O–H groups in total. The summed E-state index contributed by atoms with van der Waals surface area (Å²) in [6.45, 7) is 3.02. The molecule has 23 heavy (non-hydrogen) atoms. The van der Waals surface area contributed by atoms with Crippen LogP contribution in [0.5, 0.6) is 0 Å². The average Bonchev–Trinajstić information content (AvgIpc) is 2.82. The van der Waals surface area contributed by atoms with E-state index in [1.807, 2.05) is 53.1 Å². The number of carboxylic acid groups (broad SMARTS) is 1. The van der Waals surface area contributed by atoms with Crippen LogP contribution in [-0.2, 0) is 16.1 Å². The van der Waals surface area contributed by atoms with Crippen molar-refractivity contribution in [1.29, 1.82) is 0 Å². The predicted molar refractivity (Wildman–Crippen MR) is 89.3 cm³/mol. The molecule has 3 rings (SSSR count). The maximum Gasteiger partial charge on any atom is 0.328 e. The Balaban J connectivity index is 2.02. The van der Waals surface area contributed by atoms with E-state index in [2.05, 4.69) is 5.32 Å². The Kier molecular flexibility index (Phi) is 3.56. The number of nitrogens with one attached hydrogen (secondary N) is 1. The highest BCUT2D eigenvalue weighted by Gasteiger charge is 2.29. The largest absolute Gasteiger partial charge is 0.480 e. The molecule has 0 aliphatic carbocycles. The summed E-state index contributed by atoms with van der Waals surface area (Å²) in [5.74, 6) is -1.39. The van der Waals surface area contributed by atoms with Crippen molar-refractivity contribution < 1.29 is 14.7 Å². The number of amides is 1. The van der Waals surface area contributed by atoms with Crippen LogP contribution < -0.4 is 5.32 Å². The Morgan fingerprint density at radius 3 is 1.96 bits per heavy atom. The average molecular weight is 310 g/mol. The molecule has 0 atom stereocenters. The fourth-order valence-corrected chi connectivity index (χ4v) is 2.76. The van der Waals surface area contributed by atoms with Crippen LogP contribution >= 0.6 is 0 Å². The summed E-state index contributed by atoms with van der Waals surface area (Å²) in [5, 5.41) is 13.9. The van der Waals surface area contributed by atoms with Crippen molar-refractivity contribution in [3.63, 3.8) is 0 Å². The first-order valence-corrected chi connectivity index (χ1v) is 7.40. The van der Waals surface area contributed by atoms with Gasteiger partial charge in [-0.1, -0.05) is 36.4 Å². The lowest BCUT2D eigenvalue weighted by molar-refractivity contribution is -0.146. The van der Waals surface area contributed by atoms with Gasteiger partial charge < -0.3 is 15.0 Å². The van der Waals surface area contributed by atoms with Crippen LogP contribution in [0.1, 0.15) is 13.8 Å². The number of aliphatic carboxylic acids is 1. The van der Waals surface area contributed by atoms with Gasteiger partial charge >= 0.3 is 5.97 Å². The Labute approximate surface area is 133 Å². The maximum absolute atomic E-state index is 12.3. The van der Waals surface area contributed by atoms with Crippen molar-refractivity contribution in [2.75, 3.05) is 0 Å². The van der Waals surface area contributed by atoms with Crippen LogP contribution in [0.4, 0.5) is 0 Å². The Morgan fingerprint density at radius 2 is 1.48 bits per heavy atom. The first-order chi connectivity index (χ1) is 10.9. The van der Waals surface area contributed by atoms with Gasteiger partial charge in [-0.3, -0.25) is 4.79 Å². The van der Waals surface area contributed by atoms with Gasteiger partial charge in [0.05, 0.1) is 0 Å². The van der Waals surface area contributed by atoms with Gasteiger partial charge in [0, 0.05) is 21.8 Å². The summed E-state index contributed by atoms with van der Waals surface area (Å²) in [6.07, 6.45) is 0. The molecule has 0 radical (unpaired) electrons. The van der Waals surface area contributed by atoms with Gasteiger partial charge in [0.25, 0.3) is 0 Å². The van der Waals surface area contributed by atoms with Gasteiger partial charge in [-0.05, 0) is 26.0 Å². The number of nitrogens with zero attached hydrogens (tertiary/aromatic N) is 1. The van der Waals surface area contributed by atoms with Crippen LogP contribution in [0.25, 0.3) is 21.8 Å². The van der Waals surface area contributed by atoms with Gasteiger partial charge in [-0.25, -0.2) is 4.79 Å². The quantitative estimate of drug-likeness (QED) is 0.778. The van der Waals surface area contributed by atoms with Crippen molar-refractivity contribution in [2.24, 2.45) is 0 Å². The summed E-state index contributed by atoms with van der Waals surface area (Å²) in [7, 11) is 0. The van der Waals surface area contributed by atoms with Crippen molar-refractivity contribution in [3.8, 4) is 0 Å². The monoisotopic (exact) mass is 310 g/mol. The van der Waals surface area contributed by atoms with E-state index in [4.69, 9.17) is 5.11 Å². The van der Waals surface area contributed by atoms with E-state index in [1.54, 1.807) is 0 Å². The van der Waals surface area contributed by atoms with Crippen LogP contribution in [0.3, 0.4) is 0 Å². The van der Waals surface area contributed by atoms with Crippen LogP contribution in [0, 0.1) is 0 Å². The Hall–Kier alpha value is -2.82. The van der Waals surface area contributed by atoms with Gasteiger partial charge in [-0.15, -0.1) is 0 Å². The minimum absolute atomic E-state index is 0.0741. The number of carboxylic acids is 1. The smallest absolute Gasteiger partial charge is 0.328 e. The van der Waals surface area contributed by atoms with Gasteiger partial charge in [0.2, 0.25) is 5.91 Å². The molecule has 5 heteroatoms. The molecule has 0 aliphatic heterocycles. The number of para-hydroxylation sites is 2. The molecule has 118 valence electrons. The number of hydrogen-bond donors (Lipinski definition) is 2. The number of benzene rings is 2. The number of hydrogen-bond acceptors (Lipinski definition) is 2. The van der Waals surface area contributed by atoms with E-state index in [-0.39, 0.29) is 12.5 Å². The molecule has 0 aliphatic rings. The lowest BCUT2D eigenvalue weighted by atomic mass is 10.1. The normalized spacial score (nSPS) is 11.7. The summed E-state index contributed by atoms with van der Waals surface area (Å²) in [6, 6.07) is 15.8. The SMILES string of the molecule is CC(C)(NC(=O)Cn1c2ccccc2c2ccccc21)C(=O)O. The molecule has 5 nitrogen and oxygen atoms in total. The van der Waals surface area contributed by atoms with Crippen molar-refractivity contribution in [3.05, 3.63) is 48.5 Å². The highest BCUT2D eigenvalue weighted by atomic mass is 16.4. The van der Waals surface area contributed by atoms with Gasteiger partial charge in [0.1, 0.15) is 12.1 Å². The maximum atomic E-state index is 12.3. The molecule has 3 aromatic rings. The Bertz CT molecular complexity index is 856. The summed E-state index contributed by atoms with van der Waals surface area (Å²) in [4.78, 5) is 23.5. The predicted octanol–water partition coefficient (Wildman–Crippen LogP) is 2.77. The second kappa shape index (κ2) is 5.43. The summed E-state index contributed by atoms with van der Waals surface area (Å²) >= 11 is 0. The van der Waals surface area contributed by atoms with Gasteiger partial charge in [0.15, 0.2) is 0 Å². The fraction of sp³-hybridized carbons (Fsp3) is 0.222. The lowest BCUT2D eigenvalue weighted by Crippen LogP contribution is -2.50. The van der Waals surface area contributed by atoms with Crippen molar-refractivity contribution in [1.82, 2.24) is 9.88 Å². The molecule has 0 saturated heterocycles. The van der Waals surface area contributed by atoms with Crippen molar-refractivity contribution in [2.45, 2.75) is 25.9 Å². The van der Waals surface area contributed by atoms with E-state index in [9.17, 15) is 9.59 Å². The summed E-state index contributed by atoms with van der Waals surface area (Å²) < 4.78 is 1.91. The molecule has 0 bridgehead atoms. The minimum Gasteiger partial charge on any atom is -0.480 e. The molecule has 1 amide bonds. The lowest BCUT2D eigenvalue weighted by Gasteiger charge is -2.21. The van der Waals surface area contributed by atoms with Crippen LogP contribution in [0.15, 0.2) is 48.5 Å². The molecule has 0 fully saturated rings. The van der Waals surface area contributed by atoms with Crippen LogP contribution in [0.2, 0.25) is 0 Å². The second-order valence-corrected chi connectivity index (χ2v) is 6.10. The fourth-order valence-electron chi connectivity index (χ4n) is 2.76. The number of rotatable bonds is 4. The van der Waals surface area contributed by atoms with E-state index < -0.39 is 11.5 Å². The van der Waals surface area contributed by atoms with E-state index in [0.717, 1.165) is 21.8 Å². The summed E-state index contributed by atoms with van der Waals surface area (Å²) in [5.41, 5.74) is 0.615. The molecule has 1 aromatic heterocycles. The number of fused-ring (bicyclic) bond motifs is 3.